The van der Waals surface area contributed by atoms with Crippen LogP contribution in [-0.2, 0) is 9.53 Å². The number of likely N-dealkylation sites (tertiary alicyclic amines) is 1. The first-order valence-corrected chi connectivity index (χ1v) is 7.73. The van der Waals surface area contributed by atoms with Crippen LogP contribution in [0.1, 0.15) is 45.4 Å². The van der Waals surface area contributed by atoms with Gasteiger partial charge in [-0.3, -0.25) is 4.79 Å². The van der Waals surface area contributed by atoms with Crippen molar-refractivity contribution in [2.24, 2.45) is 11.8 Å². The Hall–Kier alpha value is -0.320. The molecule has 1 aliphatic carbocycles. The maximum atomic E-state index is 10.9. The van der Waals surface area contributed by atoms with E-state index in [4.69, 9.17) is 9.84 Å². The molecule has 0 aromatic rings. The van der Waals surface area contributed by atoms with Crippen LogP contribution in [-0.4, -0.2) is 48.3 Å². The van der Waals surface area contributed by atoms with Gasteiger partial charge in [0.2, 0.25) is 0 Å². The van der Waals surface area contributed by atoms with Crippen LogP contribution in [0.15, 0.2) is 0 Å². The van der Waals surface area contributed by atoms with E-state index in [-0.39, 0.29) is 18.3 Å². The van der Waals surface area contributed by atoms with Crippen molar-refractivity contribution in [2.75, 3.05) is 26.2 Å². The Balaban J connectivity index is 0.00000200. The van der Waals surface area contributed by atoms with Crippen LogP contribution in [0.4, 0.5) is 0 Å². The van der Waals surface area contributed by atoms with Crippen molar-refractivity contribution in [1.29, 1.82) is 0 Å². The summed E-state index contributed by atoms with van der Waals surface area (Å²) in [5, 5.41) is 8.96. The molecule has 118 valence electrons. The minimum atomic E-state index is -0.632. The maximum Gasteiger partial charge on any atom is 0.306 e. The molecule has 0 radical (unpaired) electrons. The summed E-state index contributed by atoms with van der Waals surface area (Å²) in [6, 6.07) is 0. The van der Waals surface area contributed by atoms with E-state index in [1.807, 2.05) is 0 Å². The lowest BCUT2D eigenvalue weighted by molar-refractivity contribution is -0.143. The zero-order chi connectivity index (χ0) is 13.7. The van der Waals surface area contributed by atoms with Gasteiger partial charge in [-0.2, -0.15) is 0 Å². The van der Waals surface area contributed by atoms with Crippen molar-refractivity contribution in [1.82, 2.24) is 4.90 Å². The lowest BCUT2D eigenvalue weighted by atomic mass is 9.88. The molecule has 1 aliphatic heterocycles. The zero-order valence-corrected chi connectivity index (χ0v) is 13.2. The minimum Gasteiger partial charge on any atom is -0.481 e. The van der Waals surface area contributed by atoms with E-state index < -0.39 is 5.97 Å². The van der Waals surface area contributed by atoms with Gasteiger partial charge < -0.3 is 14.7 Å². The highest BCUT2D eigenvalue weighted by Crippen LogP contribution is 2.26. The number of hydrogen-bond donors (Lipinski definition) is 1. The van der Waals surface area contributed by atoms with Crippen LogP contribution in [0.5, 0.6) is 0 Å². The Morgan fingerprint density at radius 3 is 2.45 bits per heavy atom. The molecule has 2 atom stereocenters. The quantitative estimate of drug-likeness (QED) is 0.848. The molecule has 20 heavy (non-hydrogen) atoms. The lowest BCUT2D eigenvalue weighted by Crippen LogP contribution is -2.39. The average molecular weight is 306 g/mol. The van der Waals surface area contributed by atoms with Crippen LogP contribution in [0.3, 0.4) is 0 Å². The highest BCUT2D eigenvalue weighted by Gasteiger charge is 2.25. The van der Waals surface area contributed by atoms with Crippen LogP contribution >= 0.6 is 12.4 Å². The van der Waals surface area contributed by atoms with Gasteiger partial charge in [0.05, 0.1) is 18.6 Å². The molecule has 1 N–H and O–H groups in total. The number of piperidine rings is 1. The molecular weight excluding hydrogens is 278 g/mol. The van der Waals surface area contributed by atoms with Gasteiger partial charge in [-0.1, -0.05) is 19.8 Å². The van der Waals surface area contributed by atoms with Gasteiger partial charge in [0, 0.05) is 6.54 Å². The van der Waals surface area contributed by atoms with E-state index in [0.717, 1.165) is 39.1 Å². The van der Waals surface area contributed by atoms with E-state index in [2.05, 4.69) is 11.8 Å². The molecule has 4 nitrogen and oxygen atoms in total. The summed E-state index contributed by atoms with van der Waals surface area (Å²) in [4.78, 5) is 13.2. The summed E-state index contributed by atoms with van der Waals surface area (Å²) >= 11 is 0. The number of carbonyl (C=O) groups is 1. The van der Waals surface area contributed by atoms with E-state index in [1.165, 1.54) is 25.7 Å². The molecule has 2 aliphatic rings. The molecule has 5 heteroatoms. The van der Waals surface area contributed by atoms with Crippen molar-refractivity contribution < 1.29 is 14.6 Å². The van der Waals surface area contributed by atoms with Crippen LogP contribution in [0.25, 0.3) is 0 Å². The predicted octanol–water partition coefficient (Wildman–Crippen LogP) is 2.80. The molecule has 1 saturated heterocycles. The monoisotopic (exact) mass is 305 g/mol. The van der Waals surface area contributed by atoms with Gasteiger partial charge in [0.25, 0.3) is 0 Å². The van der Waals surface area contributed by atoms with Crippen molar-refractivity contribution in [3.8, 4) is 0 Å². The van der Waals surface area contributed by atoms with Crippen molar-refractivity contribution in [2.45, 2.75) is 51.6 Å². The number of halogens is 1. The molecule has 2 rings (SSSR count). The van der Waals surface area contributed by atoms with E-state index in [1.54, 1.807) is 0 Å². The molecule has 2 fully saturated rings. The van der Waals surface area contributed by atoms with Crippen LogP contribution < -0.4 is 0 Å². The maximum absolute atomic E-state index is 10.9. The summed E-state index contributed by atoms with van der Waals surface area (Å²) in [6.45, 7) is 5.85. The van der Waals surface area contributed by atoms with Crippen LogP contribution in [0, 0.1) is 11.8 Å². The number of ether oxygens (including phenoxy) is 1. The SMILES string of the molecule is CC1CCCCC1OCCN1CCC(C(=O)O)CC1.Cl. The molecule has 1 saturated carbocycles. The predicted molar refractivity (Wildman–Crippen MR) is 81.4 cm³/mol. The number of carboxylic acid groups (broad SMARTS) is 1. The molecule has 2 unspecified atom stereocenters. The van der Waals surface area contributed by atoms with E-state index in [0.29, 0.717) is 12.0 Å². The summed E-state index contributed by atoms with van der Waals surface area (Å²) in [7, 11) is 0. The second kappa shape index (κ2) is 8.85. The molecule has 0 spiro atoms. The van der Waals surface area contributed by atoms with Gasteiger partial charge in [0.15, 0.2) is 0 Å². The molecule has 1 heterocycles. The summed E-state index contributed by atoms with van der Waals surface area (Å²) in [5.41, 5.74) is 0. The molecule has 0 aromatic carbocycles. The number of aliphatic carboxylic acids is 1. The van der Waals surface area contributed by atoms with Crippen molar-refractivity contribution in [3.05, 3.63) is 0 Å². The van der Waals surface area contributed by atoms with Crippen LogP contribution in [0.2, 0.25) is 0 Å². The minimum absolute atomic E-state index is 0. The number of rotatable bonds is 5. The summed E-state index contributed by atoms with van der Waals surface area (Å²) < 4.78 is 6.01. The van der Waals surface area contributed by atoms with Crippen molar-refractivity contribution >= 4 is 18.4 Å². The molecular formula is C15H28ClNO3. The Kier molecular flexibility index (Phi) is 7.85. The Labute approximate surface area is 128 Å². The highest BCUT2D eigenvalue weighted by atomic mass is 35.5. The average Bonchev–Trinajstić information content (AvgIpc) is 2.41. The fraction of sp³-hybridized carbons (Fsp3) is 0.933. The fourth-order valence-corrected chi connectivity index (χ4v) is 3.27. The number of nitrogens with zero attached hydrogens (tertiary/aromatic N) is 1. The third kappa shape index (κ3) is 5.23. The zero-order valence-electron chi connectivity index (χ0n) is 12.4. The van der Waals surface area contributed by atoms with E-state index in [9.17, 15) is 4.79 Å². The van der Waals surface area contributed by atoms with Gasteiger partial charge >= 0.3 is 5.97 Å². The molecule has 0 aromatic heterocycles. The van der Waals surface area contributed by atoms with E-state index >= 15 is 0 Å². The second-order valence-electron chi connectivity index (χ2n) is 6.13. The number of carboxylic acids is 1. The molecule has 0 amide bonds. The number of hydrogen-bond acceptors (Lipinski definition) is 3. The topological polar surface area (TPSA) is 49.8 Å². The lowest BCUT2D eigenvalue weighted by Gasteiger charge is -2.32. The summed E-state index contributed by atoms with van der Waals surface area (Å²) in [5.74, 6) is -0.0611. The van der Waals surface area contributed by atoms with Gasteiger partial charge in [0.1, 0.15) is 0 Å². The Morgan fingerprint density at radius 1 is 1.20 bits per heavy atom. The van der Waals surface area contributed by atoms with Gasteiger partial charge in [-0.15, -0.1) is 12.4 Å². The smallest absolute Gasteiger partial charge is 0.306 e. The normalized spacial score (nSPS) is 28.9. The Bertz CT molecular complexity index is 293. The third-order valence-corrected chi connectivity index (χ3v) is 4.71. The third-order valence-electron chi connectivity index (χ3n) is 4.71. The second-order valence-corrected chi connectivity index (χ2v) is 6.13. The van der Waals surface area contributed by atoms with Gasteiger partial charge in [-0.05, 0) is 44.7 Å². The van der Waals surface area contributed by atoms with Crippen molar-refractivity contribution in [3.63, 3.8) is 0 Å². The van der Waals surface area contributed by atoms with Gasteiger partial charge in [-0.25, -0.2) is 0 Å². The first kappa shape index (κ1) is 17.7. The standard InChI is InChI=1S/C15H27NO3.ClH/c1-12-4-2-3-5-14(12)19-11-10-16-8-6-13(7-9-16)15(17)18;/h12-14H,2-11H2,1H3,(H,17,18);1H. The molecule has 0 bridgehead atoms. The largest absolute Gasteiger partial charge is 0.481 e. The first-order chi connectivity index (χ1) is 9.16. The fourth-order valence-electron chi connectivity index (χ4n) is 3.27. The first-order valence-electron chi connectivity index (χ1n) is 7.73. The highest BCUT2D eigenvalue weighted by molar-refractivity contribution is 5.85. The summed E-state index contributed by atoms with van der Waals surface area (Å²) in [6.07, 6.45) is 7.19. The Morgan fingerprint density at radius 2 is 1.85 bits per heavy atom.